The lowest BCUT2D eigenvalue weighted by atomic mass is 10.1. The number of amides is 2. The number of pyridine rings is 1. The number of halogens is 1. The molecule has 0 saturated heterocycles. The minimum absolute atomic E-state index is 0.0914. The fraction of sp³-hybridized carbons (Fsp3) is 0.227. The van der Waals surface area contributed by atoms with Crippen molar-refractivity contribution in [2.75, 3.05) is 19.0 Å². The summed E-state index contributed by atoms with van der Waals surface area (Å²) in [5.41, 5.74) is 1.96. The molecule has 0 saturated carbocycles. The van der Waals surface area contributed by atoms with Crippen LogP contribution in [0.15, 0.2) is 64.1 Å². The third-order valence-electron chi connectivity index (χ3n) is 4.58. The molecule has 168 valence electrons. The molecule has 2 amide bonds. The molecule has 0 radical (unpaired) electrons. The Hall–Kier alpha value is -2.98. The minimum Gasteiger partial charge on any atom is -0.450 e. The molecule has 0 fully saturated rings. The first kappa shape index (κ1) is 23.7. The second-order valence-electron chi connectivity index (χ2n) is 6.83. The Bertz CT molecular complexity index is 1230. The molecular weight excluding hydrogens is 498 g/mol. The van der Waals surface area contributed by atoms with Crippen LogP contribution in [0.3, 0.4) is 0 Å². The molecule has 0 aliphatic carbocycles. The van der Waals surface area contributed by atoms with Gasteiger partial charge in [0.1, 0.15) is 5.88 Å². The van der Waals surface area contributed by atoms with Gasteiger partial charge < -0.3 is 15.4 Å². The largest absolute Gasteiger partial charge is 0.450 e. The van der Waals surface area contributed by atoms with E-state index in [4.69, 9.17) is 0 Å². The van der Waals surface area contributed by atoms with Gasteiger partial charge in [0.2, 0.25) is 0 Å². The van der Waals surface area contributed by atoms with E-state index in [0.717, 1.165) is 15.4 Å². The Morgan fingerprint density at radius 3 is 2.56 bits per heavy atom. The number of alkyl carbamates (subject to hydrolysis) is 1. The molecule has 0 unspecified atom stereocenters. The van der Waals surface area contributed by atoms with Gasteiger partial charge >= 0.3 is 6.09 Å². The maximum absolute atomic E-state index is 12.7. The highest BCUT2D eigenvalue weighted by atomic mass is 79.9. The molecule has 3 aromatic rings. The van der Waals surface area contributed by atoms with Crippen LogP contribution in [0.5, 0.6) is 0 Å². The van der Waals surface area contributed by atoms with Crippen LogP contribution in [0, 0.1) is 0 Å². The number of nitrogens with one attached hydrogen (secondary N) is 2. The molecule has 0 aliphatic heterocycles. The van der Waals surface area contributed by atoms with Crippen molar-refractivity contribution in [3.63, 3.8) is 0 Å². The fourth-order valence-corrected chi connectivity index (χ4v) is 4.53. The predicted octanol–water partition coefficient (Wildman–Crippen LogP) is 3.45. The van der Waals surface area contributed by atoms with E-state index >= 15 is 0 Å². The van der Waals surface area contributed by atoms with Crippen LogP contribution in [-0.4, -0.2) is 44.4 Å². The summed E-state index contributed by atoms with van der Waals surface area (Å²) in [5, 5.41) is 5.95. The van der Waals surface area contributed by atoms with Crippen LogP contribution in [0.1, 0.15) is 22.8 Å². The highest BCUT2D eigenvalue weighted by molar-refractivity contribution is 9.10. The molecule has 8 nitrogen and oxygen atoms in total. The third-order valence-corrected chi connectivity index (χ3v) is 6.55. The lowest BCUT2D eigenvalue weighted by molar-refractivity contribution is 0.0955. The van der Waals surface area contributed by atoms with Crippen molar-refractivity contribution < 1.29 is 22.7 Å². The Morgan fingerprint density at radius 1 is 1.09 bits per heavy atom. The average Bonchev–Trinajstić information content (AvgIpc) is 2.77. The SMILES string of the molecule is CCOC(=O)NCS(=O)(=O)c1ccc(CCNC(=O)c2cc(Br)cc3cccnc23)cc1. The first-order valence-corrected chi connectivity index (χ1v) is 12.3. The van der Waals surface area contributed by atoms with Gasteiger partial charge in [0, 0.05) is 22.6 Å². The number of sulfone groups is 1. The summed E-state index contributed by atoms with van der Waals surface area (Å²) in [6, 6.07) is 13.6. The number of nitrogens with zero attached hydrogens (tertiary/aromatic N) is 1. The molecule has 2 N–H and O–H groups in total. The van der Waals surface area contributed by atoms with Crippen LogP contribution >= 0.6 is 15.9 Å². The number of fused-ring (bicyclic) bond motifs is 1. The minimum atomic E-state index is -3.68. The van der Waals surface area contributed by atoms with Crippen molar-refractivity contribution in [3.05, 3.63) is 70.3 Å². The maximum Gasteiger partial charge on any atom is 0.407 e. The van der Waals surface area contributed by atoms with Gasteiger partial charge in [0.25, 0.3) is 5.91 Å². The van der Waals surface area contributed by atoms with E-state index in [2.05, 4.69) is 36.3 Å². The Balaban J connectivity index is 1.58. The van der Waals surface area contributed by atoms with Crippen LogP contribution in [0.2, 0.25) is 0 Å². The number of ether oxygens (including phenoxy) is 1. The second-order valence-corrected chi connectivity index (χ2v) is 9.74. The molecule has 1 heterocycles. The number of aromatic nitrogens is 1. The molecule has 3 rings (SSSR count). The smallest absolute Gasteiger partial charge is 0.407 e. The number of carbonyl (C=O) groups is 2. The molecule has 10 heteroatoms. The first-order chi connectivity index (χ1) is 15.3. The summed E-state index contributed by atoms with van der Waals surface area (Å²) in [6.07, 6.45) is 1.38. The summed E-state index contributed by atoms with van der Waals surface area (Å²) >= 11 is 3.42. The standard InChI is InChI=1S/C22H22BrN3O5S/c1-2-31-22(28)26-14-32(29,30)18-7-5-15(6-8-18)9-11-25-21(27)19-13-17(23)12-16-4-3-10-24-20(16)19/h3-8,10,12-13H,2,9,11,14H2,1H3,(H,25,27)(H,26,28). The van der Waals surface area contributed by atoms with E-state index in [1.54, 1.807) is 31.3 Å². The molecule has 1 aromatic heterocycles. The topological polar surface area (TPSA) is 114 Å². The number of carbonyl (C=O) groups excluding carboxylic acids is 2. The zero-order valence-corrected chi connectivity index (χ0v) is 19.7. The Labute approximate surface area is 194 Å². The Morgan fingerprint density at radius 2 is 1.84 bits per heavy atom. The molecule has 32 heavy (non-hydrogen) atoms. The van der Waals surface area contributed by atoms with Crippen LogP contribution < -0.4 is 10.6 Å². The van der Waals surface area contributed by atoms with Crippen molar-refractivity contribution >= 4 is 48.7 Å². The van der Waals surface area contributed by atoms with Gasteiger partial charge in [-0.1, -0.05) is 34.1 Å². The molecule has 0 spiro atoms. The van der Waals surface area contributed by atoms with Crippen molar-refractivity contribution in [1.82, 2.24) is 15.6 Å². The molecular formula is C22H22BrN3O5S. The van der Waals surface area contributed by atoms with Crippen LogP contribution in [-0.2, 0) is 21.0 Å². The third kappa shape index (κ3) is 6.04. The average molecular weight is 520 g/mol. The van der Waals surface area contributed by atoms with Gasteiger partial charge in [-0.05, 0) is 49.2 Å². The highest BCUT2D eigenvalue weighted by Gasteiger charge is 2.16. The van der Waals surface area contributed by atoms with Gasteiger partial charge in [-0.3, -0.25) is 9.78 Å². The first-order valence-electron chi connectivity index (χ1n) is 9.85. The van der Waals surface area contributed by atoms with Crippen molar-refractivity contribution in [2.45, 2.75) is 18.2 Å². The summed E-state index contributed by atoms with van der Waals surface area (Å²) in [6.45, 7) is 2.16. The van der Waals surface area contributed by atoms with E-state index in [9.17, 15) is 18.0 Å². The monoisotopic (exact) mass is 519 g/mol. The van der Waals surface area contributed by atoms with E-state index in [-0.39, 0.29) is 17.4 Å². The lowest BCUT2D eigenvalue weighted by Crippen LogP contribution is -2.30. The summed E-state index contributed by atoms with van der Waals surface area (Å²) < 4.78 is 30.1. The second kappa shape index (κ2) is 10.6. The molecule has 0 atom stereocenters. The number of hydrogen-bond acceptors (Lipinski definition) is 6. The van der Waals surface area contributed by atoms with Crippen molar-refractivity contribution in [2.24, 2.45) is 0 Å². The zero-order valence-electron chi connectivity index (χ0n) is 17.3. The van der Waals surface area contributed by atoms with Crippen LogP contribution in [0.4, 0.5) is 4.79 Å². The van der Waals surface area contributed by atoms with E-state index in [1.165, 1.54) is 12.1 Å². The number of hydrogen-bond donors (Lipinski definition) is 2. The van der Waals surface area contributed by atoms with E-state index in [0.29, 0.717) is 24.0 Å². The predicted molar refractivity (Wildman–Crippen MR) is 124 cm³/mol. The fourth-order valence-electron chi connectivity index (χ4n) is 3.03. The van der Waals surface area contributed by atoms with Crippen LogP contribution in [0.25, 0.3) is 10.9 Å². The maximum atomic E-state index is 12.7. The lowest BCUT2D eigenvalue weighted by Gasteiger charge is -2.09. The number of rotatable bonds is 8. The van der Waals surface area contributed by atoms with Gasteiger partial charge in [-0.25, -0.2) is 13.2 Å². The summed E-state index contributed by atoms with van der Waals surface area (Å²) in [7, 11) is -3.68. The van der Waals surface area contributed by atoms with Crippen molar-refractivity contribution in [1.29, 1.82) is 0 Å². The summed E-state index contributed by atoms with van der Waals surface area (Å²) in [4.78, 5) is 28.4. The van der Waals surface area contributed by atoms with E-state index in [1.807, 2.05) is 18.2 Å². The highest BCUT2D eigenvalue weighted by Crippen LogP contribution is 2.22. The van der Waals surface area contributed by atoms with Gasteiger partial charge in [-0.15, -0.1) is 0 Å². The quantitative estimate of drug-likeness (QED) is 0.471. The molecule has 2 aromatic carbocycles. The normalized spacial score (nSPS) is 11.2. The Kier molecular flexibility index (Phi) is 7.81. The van der Waals surface area contributed by atoms with Gasteiger partial charge in [-0.2, -0.15) is 0 Å². The van der Waals surface area contributed by atoms with Crippen molar-refractivity contribution in [3.8, 4) is 0 Å². The van der Waals surface area contributed by atoms with Gasteiger partial charge in [0.15, 0.2) is 9.84 Å². The molecule has 0 bridgehead atoms. The number of benzene rings is 2. The zero-order chi connectivity index (χ0) is 23.1. The van der Waals surface area contributed by atoms with E-state index < -0.39 is 21.8 Å². The summed E-state index contributed by atoms with van der Waals surface area (Å²) in [5.74, 6) is -0.783. The molecule has 0 aliphatic rings. The van der Waals surface area contributed by atoms with Gasteiger partial charge in [0.05, 0.1) is 22.6 Å².